The van der Waals surface area contributed by atoms with Crippen molar-refractivity contribution in [2.75, 3.05) is 11.9 Å². The number of aromatic nitrogens is 1. The number of halogens is 1. The summed E-state index contributed by atoms with van der Waals surface area (Å²) < 4.78 is 11.5. The first kappa shape index (κ1) is 21.9. The van der Waals surface area contributed by atoms with E-state index in [1.807, 2.05) is 56.3 Å². The van der Waals surface area contributed by atoms with Crippen molar-refractivity contribution in [2.24, 2.45) is 0 Å². The molecule has 1 N–H and O–H groups in total. The van der Waals surface area contributed by atoms with Crippen LogP contribution in [0.15, 0.2) is 59.0 Å². The highest BCUT2D eigenvalue weighted by Gasteiger charge is 2.09. The highest BCUT2D eigenvalue weighted by Crippen LogP contribution is 2.26. The summed E-state index contributed by atoms with van der Waals surface area (Å²) >= 11 is 6.17. The Morgan fingerprint density at radius 1 is 1.03 bits per heavy atom. The number of hydrogen-bond acceptors (Lipinski definition) is 4. The normalized spacial score (nSPS) is 11.0. The quantitative estimate of drug-likeness (QED) is 0.362. The van der Waals surface area contributed by atoms with Crippen LogP contribution in [-0.2, 0) is 17.6 Å². The third kappa shape index (κ3) is 5.11. The van der Waals surface area contributed by atoms with Gasteiger partial charge in [0, 0.05) is 17.1 Å². The first-order valence-corrected chi connectivity index (χ1v) is 11.0. The van der Waals surface area contributed by atoms with Gasteiger partial charge in [0.15, 0.2) is 18.1 Å². The number of fused-ring (bicyclic) bond motifs is 1. The van der Waals surface area contributed by atoms with Gasteiger partial charge in [0.05, 0.1) is 0 Å². The number of rotatable bonds is 7. The lowest BCUT2D eigenvalue weighted by Gasteiger charge is -2.10. The minimum Gasteiger partial charge on any atom is -0.484 e. The molecule has 0 radical (unpaired) electrons. The van der Waals surface area contributed by atoms with Gasteiger partial charge in [-0.3, -0.25) is 4.79 Å². The smallest absolute Gasteiger partial charge is 0.262 e. The molecule has 5 nitrogen and oxygen atoms in total. The van der Waals surface area contributed by atoms with E-state index in [9.17, 15) is 4.79 Å². The average Bonchev–Trinajstić information content (AvgIpc) is 3.18. The van der Waals surface area contributed by atoms with Gasteiger partial charge >= 0.3 is 0 Å². The summed E-state index contributed by atoms with van der Waals surface area (Å²) in [7, 11) is 0. The second-order valence-electron chi connectivity index (χ2n) is 7.84. The van der Waals surface area contributed by atoms with Crippen LogP contribution in [-0.4, -0.2) is 17.5 Å². The molecule has 0 aliphatic heterocycles. The molecule has 32 heavy (non-hydrogen) atoms. The van der Waals surface area contributed by atoms with E-state index in [0.717, 1.165) is 34.2 Å². The van der Waals surface area contributed by atoms with Gasteiger partial charge in [-0.1, -0.05) is 36.7 Å². The molecule has 6 heteroatoms. The van der Waals surface area contributed by atoms with Crippen LogP contribution < -0.4 is 10.1 Å². The third-order valence-corrected chi connectivity index (χ3v) is 5.87. The number of hydrogen-bond donors (Lipinski definition) is 1. The lowest BCUT2D eigenvalue weighted by atomic mass is 10.1. The van der Waals surface area contributed by atoms with Gasteiger partial charge in [0.2, 0.25) is 0 Å². The molecule has 0 fully saturated rings. The zero-order valence-corrected chi connectivity index (χ0v) is 19.1. The predicted molar refractivity (Wildman–Crippen MR) is 128 cm³/mol. The lowest BCUT2D eigenvalue weighted by Crippen LogP contribution is -2.20. The largest absolute Gasteiger partial charge is 0.484 e. The molecule has 0 spiro atoms. The van der Waals surface area contributed by atoms with Crippen molar-refractivity contribution in [2.45, 2.75) is 33.6 Å². The monoisotopic (exact) mass is 448 g/mol. The zero-order chi connectivity index (χ0) is 22.7. The maximum atomic E-state index is 12.3. The molecule has 0 saturated carbocycles. The first-order chi connectivity index (χ1) is 15.4. The Bertz CT molecular complexity index is 1240. The van der Waals surface area contributed by atoms with E-state index in [2.05, 4.69) is 29.4 Å². The highest BCUT2D eigenvalue weighted by atomic mass is 35.5. The molecule has 3 aromatic carbocycles. The fourth-order valence-corrected chi connectivity index (χ4v) is 3.64. The van der Waals surface area contributed by atoms with Crippen molar-refractivity contribution < 1.29 is 13.9 Å². The molecule has 0 aliphatic rings. The topological polar surface area (TPSA) is 64.4 Å². The van der Waals surface area contributed by atoms with Crippen LogP contribution in [0.4, 0.5) is 5.69 Å². The maximum absolute atomic E-state index is 12.3. The molecule has 0 aliphatic carbocycles. The number of amides is 1. The number of anilines is 1. The summed E-state index contributed by atoms with van der Waals surface area (Å²) in [5.41, 5.74) is 6.51. The van der Waals surface area contributed by atoms with E-state index in [4.69, 9.17) is 20.8 Å². The van der Waals surface area contributed by atoms with Gasteiger partial charge in [0.25, 0.3) is 5.91 Å². The Labute approximate surface area is 192 Å². The summed E-state index contributed by atoms with van der Waals surface area (Å²) in [5.74, 6) is 1.07. The van der Waals surface area contributed by atoms with E-state index >= 15 is 0 Å². The van der Waals surface area contributed by atoms with Gasteiger partial charge in [-0.05, 0) is 78.9 Å². The maximum Gasteiger partial charge on any atom is 0.262 e. The standard InChI is InChI=1S/C26H25ClN2O3/c1-4-18-7-10-23-22(13-18)29-25(32-23)14-19-5-8-20(9-6-19)28-24(30)15-31-21-11-16(2)26(27)17(3)12-21/h5-13H,4,14-15H2,1-3H3,(H,28,30). The number of nitrogens with zero attached hydrogens (tertiary/aromatic N) is 1. The number of aryl methyl sites for hydroxylation is 3. The highest BCUT2D eigenvalue weighted by molar-refractivity contribution is 6.32. The molecule has 0 unspecified atom stereocenters. The summed E-state index contributed by atoms with van der Waals surface area (Å²) in [4.78, 5) is 16.9. The van der Waals surface area contributed by atoms with Crippen LogP contribution in [0.2, 0.25) is 5.02 Å². The molecule has 1 heterocycles. The van der Waals surface area contributed by atoms with Crippen molar-refractivity contribution in [1.29, 1.82) is 0 Å². The van der Waals surface area contributed by atoms with Crippen LogP contribution >= 0.6 is 11.6 Å². The van der Waals surface area contributed by atoms with Crippen molar-refractivity contribution in [3.05, 3.63) is 87.8 Å². The molecular formula is C26H25ClN2O3. The minimum atomic E-state index is -0.228. The number of ether oxygens (including phenoxy) is 1. The molecule has 164 valence electrons. The fraction of sp³-hybridized carbons (Fsp3) is 0.231. The minimum absolute atomic E-state index is 0.0785. The van der Waals surface area contributed by atoms with E-state index in [1.54, 1.807) is 0 Å². The summed E-state index contributed by atoms with van der Waals surface area (Å²) in [5, 5.41) is 3.56. The van der Waals surface area contributed by atoms with Crippen LogP contribution in [0.1, 0.15) is 35.1 Å². The summed E-state index contributed by atoms with van der Waals surface area (Å²) in [6.45, 7) is 5.86. The molecule has 4 rings (SSSR count). The fourth-order valence-electron chi connectivity index (χ4n) is 3.53. The SMILES string of the molecule is CCc1ccc2oc(Cc3ccc(NC(=O)COc4cc(C)c(Cl)c(C)c4)cc3)nc2c1. The van der Waals surface area contributed by atoms with Crippen LogP contribution in [0.3, 0.4) is 0 Å². The lowest BCUT2D eigenvalue weighted by molar-refractivity contribution is -0.118. The number of carbonyl (C=O) groups is 1. The first-order valence-electron chi connectivity index (χ1n) is 10.6. The molecular weight excluding hydrogens is 424 g/mol. The molecule has 0 saturated heterocycles. The van der Waals surface area contributed by atoms with E-state index in [0.29, 0.717) is 28.8 Å². The van der Waals surface area contributed by atoms with Crippen molar-refractivity contribution >= 4 is 34.3 Å². The summed E-state index contributed by atoms with van der Waals surface area (Å²) in [6.07, 6.45) is 1.55. The zero-order valence-electron chi connectivity index (χ0n) is 18.4. The molecule has 1 aromatic heterocycles. The molecule has 0 atom stereocenters. The van der Waals surface area contributed by atoms with E-state index in [-0.39, 0.29) is 12.5 Å². The Kier molecular flexibility index (Phi) is 6.47. The summed E-state index contributed by atoms with van der Waals surface area (Å²) in [6, 6.07) is 17.4. The Morgan fingerprint density at radius 2 is 1.72 bits per heavy atom. The van der Waals surface area contributed by atoms with Gasteiger partial charge < -0.3 is 14.5 Å². The third-order valence-electron chi connectivity index (χ3n) is 5.28. The Hall–Kier alpha value is -3.31. The average molecular weight is 449 g/mol. The number of carbonyl (C=O) groups excluding carboxylic acids is 1. The predicted octanol–water partition coefficient (Wildman–Crippen LogP) is 6.27. The number of oxazole rings is 1. The van der Waals surface area contributed by atoms with Gasteiger partial charge in [-0.25, -0.2) is 4.98 Å². The van der Waals surface area contributed by atoms with Crippen LogP contribution in [0, 0.1) is 13.8 Å². The second kappa shape index (κ2) is 9.45. The Balaban J connectivity index is 1.34. The van der Waals surface area contributed by atoms with Crippen LogP contribution in [0.5, 0.6) is 5.75 Å². The molecule has 1 amide bonds. The van der Waals surface area contributed by atoms with Gasteiger partial charge in [0.1, 0.15) is 11.3 Å². The number of nitrogens with one attached hydrogen (secondary N) is 1. The van der Waals surface area contributed by atoms with Crippen molar-refractivity contribution in [3.8, 4) is 5.75 Å². The van der Waals surface area contributed by atoms with E-state index < -0.39 is 0 Å². The van der Waals surface area contributed by atoms with Crippen LogP contribution in [0.25, 0.3) is 11.1 Å². The van der Waals surface area contributed by atoms with Crippen molar-refractivity contribution in [1.82, 2.24) is 4.98 Å². The second-order valence-corrected chi connectivity index (χ2v) is 8.22. The molecule has 4 aromatic rings. The van der Waals surface area contributed by atoms with E-state index in [1.165, 1.54) is 5.56 Å². The van der Waals surface area contributed by atoms with Gasteiger partial charge in [-0.15, -0.1) is 0 Å². The molecule has 0 bridgehead atoms. The van der Waals surface area contributed by atoms with Crippen molar-refractivity contribution in [3.63, 3.8) is 0 Å². The number of benzene rings is 3. The Morgan fingerprint density at radius 3 is 2.41 bits per heavy atom. The van der Waals surface area contributed by atoms with Gasteiger partial charge in [-0.2, -0.15) is 0 Å².